The van der Waals surface area contributed by atoms with E-state index in [1.54, 1.807) is 24.5 Å². The van der Waals surface area contributed by atoms with E-state index in [2.05, 4.69) is 10.6 Å². The van der Waals surface area contributed by atoms with Gasteiger partial charge in [-0.05, 0) is 54.2 Å². The fourth-order valence-corrected chi connectivity index (χ4v) is 4.96. The normalized spacial score (nSPS) is 22.0. The second-order valence-electron chi connectivity index (χ2n) is 9.08. The van der Waals surface area contributed by atoms with Crippen molar-refractivity contribution >= 4 is 17.7 Å². The predicted octanol–water partition coefficient (Wildman–Crippen LogP) is 3.47. The molecule has 2 aromatic carbocycles. The highest BCUT2D eigenvalue weighted by atomic mass is 19.1. The van der Waals surface area contributed by atoms with Crippen molar-refractivity contribution in [2.24, 2.45) is 0 Å². The maximum atomic E-state index is 13.4. The van der Waals surface area contributed by atoms with Crippen molar-refractivity contribution in [3.63, 3.8) is 0 Å². The molecule has 1 aliphatic heterocycles. The molecule has 1 saturated heterocycles. The van der Waals surface area contributed by atoms with Gasteiger partial charge in [-0.15, -0.1) is 0 Å². The van der Waals surface area contributed by atoms with Crippen LogP contribution in [-0.2, 0) is 20.7 Å². The third-order valence-corrected chi connectivity index (χ3v) is 6.85. The van der Waals surface area contributed by atoms with E-state index in [0.717, 1.165) is 17.5 Å². The van der Waals surface area contributed by atoms with Crippen LogP contribution < -0.4 is 10.6 Å². The maximum absolute atomic E-state index is 13.4. The smallest absolute Gasteiger partial charge is 0.326 e. The zero-order chi connectivity index (χ0) is 24.4. The summed E-state index contributed by atoms with van der Waals surface area (Å²) in [7, 11) is 0. The van der Waals surface area contributed by atoms with E-state index in [9.17, 15) is 18.8 Å². The summed E-state index contributed by atoms with van der Waals surface area (Å²) < 4.78 is 20.4. The van der Waals surface area contributed by atoms with Crippen molar-refractivity contribution in [1.82, 2.24) is 15.2 Å². The molecule has 2 N–H and O–H groups in total. The number of Topliss-reactive ketones (excluding diaryl/α,β-unsaturated/α-hetero) is 1. The summed E-state index contributed by atoms with van der Waals surface area (Å²) in [6.45, 7) is -0.0223. The first kappa shape index (κ1) is 23.0. The van der Waals surface area contributed by atoms with Crippen molar-refractivity contribution in [3.05, 3.63) is 84.4 Å². The maximum Gasteiger partial charge on any atom is 0.326 e. The van der Waals surface area contributed by atoms with Crippen LogP contribution in [-0.4, -0.2) is 46.6 Å². The number of ether oxygens (including phenoxy) is 1. The minimum atomic E-state index is -1.04. The molecule has 3 unspecified atom stereocenters. The number of carbonyl (C=O) groups excluding carboxylic acids is 3. The summed E-state index contributed by atoms with van der Waals surface area (Å²) in [5.41, 5.74) is 1.46. The third-order valence-electron chi connectivity index (χ3n) is 6.85. The molecular weight excluding hydrogens is 449 g/mol. The molecule has 2 fully saturated rings. The molecule has 2 amide bonds. The van der Waals surface area contributed by atoms with Crippen LogP contribution in [0.25, 0.3) is 11.1 Å². The standard InChI is InChI=1S/C27H26FN3O4/c28-21-10-8-18(9-11-21)15-22(25(33)30-27-13-4-7-24(27)35-17-23(27)32)29-26(34)31-14-12-20(16-31)19-5-2-1-3-6-19/h1-3,5-6,8-12,14,16,22,24H,4,7,13,15,17H2,(H,29,34)(H,30,33). The molecule has 1 aromatic heterocycles. The van der Waals surface area contributed by atoms with Gasteiger partial charge in [0, 0.05) is 18.8 Å². The van der Waals surface area contributed by atoms with Crippen molar-refractivity contribution in [2.45, 2.75) is 43.4 Å². The van der Waals surface area contributed by atoms with E-state index >= 15 is 0 Å². The van der Waals surface area contributed by atoms with Crippen molar-refractivity contribution in [3.8, 4) is 11.1 Å². The molecule has 1 saturated carbocycles. The molecule has 1 aliphatic carbocycles. The summed E-state index contributed by atoms with van der Waals surface area (Å²) >= 11 is 0. The monoisotopic (exact) mass is 475 g/mol. The number of nitrogens with zero attached hydrogens (tertiary/aromatic N) is 1. The Bertz CT molecular complexity index is 1240. The Balaban J connectivity index is 1.36. The molecule has 2 aliphatic rings. The molecule has 35 heavy (non-hydrogen) atoms. The van der Waals surface area contributed by atoms with Gasteiger partial charge in [-0.1, -0.05) is 42.5 Å². The van der Waals surface area contributed by atoms with Crippen LogP contribution in [0.5, 0.6) is 0 Å². The lowest BCUT2D eigenvalue weighted by atomic mass is 9.91. The van der Waals surface area contributed by atoms with Crippen LogP contribution >= 0.6 is 0 Å². The number of fused-ring (bicyclic) bond motifs is 1. The van der Waals surface area contributed by atoms with Gasteiger partial charge in [-0.3, -0.25) is 14.2 Å². The van der Waals surface area contributed by atoms with Crippen LogP contribution in [0, 0.1) is 5.82 Å². The summed E-state index contributed by atoms with van der Waals surface area (Å²) in [5.74, 6) is -0.997. The van der Waals surface area contributed by atoms with Crippen molar-refractivity contribution < 1.29 is 23.5 Å². The molecule has 8 heteroatoms. The number of amides is 2. The molecule has 5 rings (SSSR count). The van der Waals surface area contributed by atoms with Crippen LogP contribution in [0.15, 0.2) is 73.1 Å². The minimum Gasteiger partial charge on any atom is -0.367 e. The van der Waals surface area contributed by atoms with Gasteiger partial charge < -0.3 is 15.4 Å². The van der Waals surface area contributed by atoms with Gasteiger partial charge in [0.1, 0.15) is 24.0 Å². The van der Waals surface area contributed by atoms with Crippen LogP contribution in [0.4, 0.5) is 9.18 Å². The highest BCUT2D eigenvalue weighted by Gasteiger charge is 2.55. The van der Waals surface area contributed by atoms with Crippen LogP contribution in [0.3, 0.4) is 0 Å². The number of ketones is 1. The number of halogens is 1. The van der Waals surface area contributed by atoms with Crippen molar-refractivity contribution in [2.75, 3.05) is 6.61 Å². The zero-order valence-electron chi connectivity index (χ0n) is 19.1. The van der Waals surface area contributed by atoms with E-state index in [-0.39, 0.29) is 30.7 Å². The minimum absolute atomic E-state index is 0.0223. The second-order valence-corrected chi connectivity index (χ2v) is 9.08. The first-order chi connectivity index (χ1) is 16.9. The fourth-order valence-electron chi connectivity index (χ4n) is 4.96. The zero-order valence-corrected chi connectivity index (χ0v) is 19.1. The number of hydrogen-bond acceptors (Lipinski definition) is 4. The number of rotatable bonds is 6. The quantitative estimate of drug-likeness (QED) is 0.571. The Morgan fingerprint density at radius 2 is 1.86 bits per heavy atom. The van der Waals surface area contributed by atoms with E-state index in [1.807, 2.05) is 36.4 Å². The summed E-state index contributed by atoms with van der Waals surface area (Å²) in [5, 5.41) is 5.70. The van der Waals surface area contributed by atoms with Gasteiger partial charge in [-0.25, -0.2) is 9.18 Å². The largest absolute Gasteiger partial charge is 0.367 e. The highest BCUT2D eigenvalue weighted by molar-refractivity contribution is 5.98. The summed E-state index contributed by atoms with van der Waals surface area (Å²) in [6.07, 6.45) is 5.10. The Labute approximate surface area is 202 Å². The SMILES string of the molecule is O=C(NC12CCCC1OCC2=O)C(Cc1ccc(F)cc1)NC(=O)n1ccc(-c2ccccc2)c1. The van der Waals surface area contributed by atoms with Crippen LogP contribution in [0.2, 0.25) is 0 Å². The topological polar surface area (TPSA) is 89.4 Å². The predicted molar refractivity (Wildman–Crippen MR) is 127 cm³/mol. The lowest BCUT2D eigenvalue weighted by molar-refractivity contribution is -0.130. The number of hydrogen-bond donors (Lipinski definition) is 2. The average molecular weight is 476 g/mol. The molecule has 0 bridgehead atoms. The van der Waals surface area contributed by atoms with Gasteiger partial charge in [0.25, 0.3) is 0 Å². The first-order valence-corrected chi connectivity index (χ1v) is 11.7. The summed E-state index contributed by atoms with van der Waals surface area (Å²) in [6, 6.07) is 15.8. The molecule has 0 spiro atoms. The van der Waals surface area contributed by atoms with Gasteiger partial charge >= 0.3 is 6.03 Å². The first-order valence-electron chi connectivity index (χ1n) is 11.7. The Morgan fingerprint density at radius 3 is 2.63 bits per heavy atom. The Morgan fingerprint density at radius 1 is 1.09 bits per heavy atom. The van der Waals surface area contributed by atoms with E-state index in [4.69, 9.17) is 4.74 Å². The van der Waals surface area contributed by atoms with Gasteiger partial charge in [0.2, 0.25) is 5.91 Å². The van der Waals surface area contributed by atoms with E-state index in [1.165, 1.54) is 16.7 Å². The summed E-state index contributed by atoms with van der Waals surface area (Å²) in [4.78, 5) is 39.2. The second kappa shape index (κ2) is 9.46. The molecule has 0 radical (unpaired) electrons. The number of carbonyl (C=O) groups is 3. The molecule has 2 heterocycles. The van der Waals surface area contributed by atoms with Gasteiger partial charge in [0.05, 0.1) is 6.10 Å². The molecular formula is C27H26FN3O4. The number of benzene rings is 2. The van der Waals surface area contributed by atoms with E-state index < -0.39 is 23.5 Å². The highest BCUT2D eigenvalue weighted by Crippen LogP contribution is 2.37. The third kappa shape index (κ3) is 4.61. The lowest BCUT2D eigenvalue weighted by Gasteiger charge is -2.30. The molecule has 7 nitrogen and oxygen atoms in total. The number of nitrogens with one attached hydrogen (secondary N) is 2. The molecule has 3 aromatic rings. The number of aromatic nitrogens is 1. The van der Waals surface area contributed by atoms with Crippen molar-refractivity contribution in [1.29, 1.82) is 0 Å². The van der Waals surface area contributed by atoms with Gasteiger partial charge in [-0.2, -0.15) is 0 Å². The van der Waals surface area contributed by atoms with E-state index in [0.29, 0.717) is 18.4 Å². The lowest BCUT2D eigenvalue weighted by Crippen LogP contribution is -2.61. The molecule has 180 valence electrons. The van der Waals surface area contributed by atoms with Crippen LogP contribution in [0.1, 0.15) is 24.8 Å². The Hall–Kier alpha value is -3.78. The average Bonchev–Trinajstić information content (AvgIpc) is 3.58. The molecule has 3 atom stereocenters. The fraction of sp³-hybridized carbons (Fsp3) is 0.296. The Kier molecular flexibility index (Phi) is 6.21. The van der Waals surface area contributed by atoms with Gasteiger partial charge in [0.15, 0.2) is 5.78 Å².